The lowest BCUT2D eigenvalue weighted by molar-refractivity contribution is -0.139. The van der Waals surface area contributed by atoms with Crippen molar-refractivity contribution in [3.63, 3.8) is 0 Å². The normalized spacial score (nSPS) is 13.5. The summed E-state index contributed by atoms with van der Waals surface area (Å²) in [6.45, 7) is 12.6. The molecule has 0 aliphatic heterocycles. The molecule has 0 aliphatic carbocycles. The van der Waals surface area contributed by atoms with E-state index in [4.69, 9.17) is 16.9 Å². The Balaban J connectivity index is 3.45. The molecule has 35 heavy (non-hydrogen) atoms. The quantitative estimate of drug-likeness (QED) is 0.346. The van der Waals surface area contributed by atoms with E-state index in [0.717, 1.165) is 28.9 Å². The average Bonchev–Trinajstić information content (AvgIpc) is 2.70. The van der Waals surface area contributed by atoms with Crippen LogP contribution in [0.5, 0.6) is 0 Å². The fourth-order valence-electron chi connectivity index (χ4n) is 3.64. The fourth-order valence-corrected chi connectivity index (χ4v) is 3.64. The number of ether oxygens (including phenoxy) is 1. The molecule has 1 rings (SSSR count). The van der Waals surface area contributed by atoms with Gasteiger partial charge in [-0.25, -0.2) is 4.79 Å². The number of nitrogens with zero attached hydrogens (tertiary/aromatic N) is 1. The number of hydrogen-bond acceptors (Lipinski definition) is 5. The van der Waals surface area contributed by atoms with E-state index in [2.05, 4.69) is 16.7 Å². The third-order valence-corrected chi connectivity index (χ3v) is 5.11. The predicted molar refractivity (Wildman–Crippen MR) is 134 cm³/mol. The van der Waals surface area contributed by atoms with Gasteiger partial charge >= 0.3 is 6.09 Å². The van der Waals surface area contributed by atoms with Gasteiger partial charge in [-0.1, -0.05) is 43.5 Å². The molecule has 0 saturated heterocycles. The van der Waals surface area contributed by atoms with Crippen molar-refractivity contribution in [1.29, 1.82) is 0 Å². The van der Waals surface area contributed by atoms with E-state index in [9.17, 15) is 19.2 Å². The Kier molecular flexibility index (Phi) is 10.8. The van der Waals surface area contributed by atoms with E-state index < -0.39 is 47.9 Å². The van der Waals surface area contributed by atoms with Crippen LogP contribution >= 0.6 is 0 Å². The number of carbonyl (C=O) groups excluding carboxylic acids is 4. The fraction of sp³-hybridized carbons (Fsp3) is 0.538. The highest BCUT2D eigenvalue weighted by molar-refractivity contribution is 5.95. The first-order valence-corrected chi connectivity index (χ1v) is 11.6. The molecule has 1 aromatic carbocycles. The molecule has 0 saturated carbocycles. The van der Waals surface area contributed by atoms with Crippen molar-refractivity contribution in [2.45, 2.75) is 91.5 Å². The molecule has 4 N–H and O–H groups in total. The minimum Gasteiger partial charge on any atom is -0.444 e. The van der Waals surface area contributed by atoms with Crippen LogP contribution in [0, 0.1) is 26.3 Å². The Morgan fingerprint density at radius 1 is 1.17 bits per heavy atom. The van der Waals surface area contributed by atoms with E-state index in [1.165, 1.54) is 0 Å². The molecule has 0 aromatic heterocycles. The molecular formula is C26H38N4O5. The number of aryl methyl sites for hydroxylation is 2. The molecule has 0 spiro atoms. The van der Waals surface area contributed by atoms with Crippen LogP contribution in [0.2, 0.25) is 0 Å². The minimum atomic E-state index is -1.42. The first kappa shape index (κ1) is 29.5. The molecular weight excluding hydrogens is 448 g/mol. The third kappa shape index (κ3) is 9.32. The lowest BCUT2D eigenvalue weighted by Gasteiger charge is -2.31. The molecule has 9 heteroatoms. The second-order valence-electron chi connectivity index (χ2n) is 9.67. The van der Waals surface area contributed by atoms with Gasteiger partial charge in [0.2, 0.25) is 11.8 Å². The van der Waals surface area contributed by atoms with Crippen LogP contribution in [-0.2, 0) is 19.1 Å². The highest BCUT2D eigenvalue weighted by Gasteiger charge is 2.37. The number of carbonyl (C=O) groups is 4. The highest BCUT2D eigenvalue weighted by atomic mass is 16.6. The van der Waals surface area contributed by atoms with Gasteiger partial charge in [-0.2, -0.15) is 0 Å². The summed E-state index contributed by atoms with van der Waals surface area (Å²) in [5.74, 6) is -2.14. The van der Waals surface area contributed by atoms with Crippen molar-refractivity contribution in [1.82, 2.24) is 15.5 Å². The average molecular weight is 487 g/mol. The molecule has 0 heterocycles. The minimum absolute atomic E-state index is 0.156. The first-order chi connectivity index (χ1) is 16.2. The van der Waals surface area contributed by atoms with Crippen LogP contribution in [0.4, 0.5) is 4.79 Å². The van der Waals surface area contributed by atoms with Crippen molar-refractivity contribution >= 4 is 23.8 Å². The number of nitrogens with one attached hydrogen (secondary N) is 2. The number of rotatable bonds is 10. The second kappa shape index (κ2) is 12.8. The Hall–Kier alpha value is -3.54. The van der Waals surface area contributed by atoms with Gasteiger partial charge in [0, 0.05) is 12.1 Å². The lowest BCUT2D eigenvalue weighted by atomic mass is 9.96. The van der Waals surface area contributed by atoms with Gasteiger partial charge in [0.15, 0.2) is 0 Å². The number of benzene rings is 1. The van der Waals surface area contributed by atoms with Crippen molar-refractivity contribution in [3.05, 3.63) is 34.9 Å². The lowest BCUT2D eigenvalue weighted by Crippen LogP contribution is -2.53. The monoisotopic (exact) mass is 486 g/mol. The van der Waals surface area contributed by atoms with E-state index in [1.807, 2.05) is 39.8 Å². The molecule has 3 atom stereocenters. The molecule has 1 aromatic rings. The molecule has 192 valence electrons. The summed E-state index contributed by atoms with van der Waals surface area (Å²) >= 11 is 0. The standard InChI is InChI=1S/C26H38N4O5/c1-9-11-18(5)28-23(32)22(19-13-12-16(3)14-17(19)4)30(10-2)24(33)20(15-21(27)31)29-25(34)35-26(6,7)8/h2,12-14,18,20,22H,9,11,15H2,1,3-8H3,(H2,27,31)(H,28,32)(H,29,34). The van der Waals surface area contributed by atoms with Crippen LogP contribution in [0.15, 0.2) is 18.2 Å². The summed E-state index contributed by atoms with van der Waals surface area (Å²) in [7, 11) is 0. The SMILES string of the molecule is C#CN(C(=O)C(CC(N)=O)NC(=O)OC(C)(C)C)C(C(=O)NC(C)CCC)c1ccc(C)cc1C. The maximum atomic E-state index is 13.5. The van der Waals surface area contributed by atoms with Crippen molar-refractivity contribution in [3.8, 4) is 12.5 Å². The third-order valence-electron chi connectivity index (χ3n) is 5.11. The highest BCUT2D eigenvalue weighted by Crippen LogP contribution is 2.26. The first-order valence-electron chi connectivity index (χ1n) is 11.6. The Labute approximate surface area is 208 Å². The Morgan fingerprint density at radius 3 is 2.29 bits per heavy atom. The number of alkyl carbamates (subject to hydrolysis) is 1. The van der Waals surface area contributed by atoms with E-state index in [-0.39, 0.29) is 6.04 Å². The summed E-state index contributed by atoms with van der Waals surface area (Å²) in [6, 6.07) is 4.94. The molecule has 3 unspecified atom stereocenters. The van der Waals surface area contributed by atoms with Crippen molar-refractivity contribution in [2.24, 2.45) is 5.73 Å². The van der Waals surface area contributed by atoms with Crippen LogP contribution < -0.4 is 16.4 Å². The summed E-state index contributed by atoms with van der Waals surface area (Å²) < 4.78 is 5.21. The summed E-state index contributed by atoms with van der Waals surface area (Å²) in [6.07, 6.45) is 5.88. The zero-order valence-electron chi connectivity index (χ0n) is 21.7. The zero-order valence-corrected chi connectivity index (χ0v) is 21.7. The maximum absolute atomic E-state index is 13.5. The second-order valence-corrected chi connectivity index (χ2v) is 9.67. The van der Waals surface area contributed by atoms with E-state index in [0.29, 0.717) is 5.56 Å². The molecule has 9 nitrogen and oxygen atoms in total. The number of amides is 4. The van der Waals surface area contributed by atoms with Crippen LogP contribution in [-0.4, -0.2) is 46.4 Å². The molecule has 0 fully saturated rings. The van der Waals surface area contributed by atoms with Gasteiger partial charge in [0.05, 0.1) is 6.42 Å². The van der Waals surface area contributed by atoms with Gasteiger partial charge < -0.3 is 21.1 Å². The zero-order chi connectivity index (χ0) is 26.9. The van der Waals surface area contributed by atoms with Gasteiger partial charge in [0.25, 0.3) is 5.91 Å². The molecule has 4 amide bonds. The number of terminal acetylenes is 1. The maximum Gasteiger partial charge on any atom is 0.408 e. The molecule has 0 radical (unpaired) electrons. The largest absolute Gasteiger partial charge is 0.444 e. The van der Waals surface area contributed by atoms with Crippen LogP contribution in [0.25, 0.3) is 0 Å². The van der Waals surface area contributed by atoms with Crippen molar-refractivity contribution in [2.75, 3.05) is 0 Å². The van der Waals surface area contributed by atoms with Crippen molar-refractivity contribution < 1.29 is 23.9 Å². The predicted octanol–water partition coefficient (Wildman–Crippen LogP) is 2.84. The summed E-state index contributed by atoms with van der Waals surface area (Å²) in [5.41, 5.74) is 6.75. The molecule has 0 aliphatic rings. The summed E-state index contributed by atoms with van der Waals surface area (Å²) in [4.78, 5) is 51.9. The van der Waals surface area contributed by atoms with Gasteiger partial charge in [-0.3, -0.25) is 19.3 Å². The topological polar surface area (TPSA) is 131 Å². The number of nitrogens with two attached hydrogens (primary N) is 1. The Morgan fingerprint density at radius 2 is 1.80 bits per heavy atom. The van der Waals surface area contributed by atoms with Gasteiger partial charge in [-0.05, 0) is 59.1 Å². The van der Waals surface area contributed by atoms with Gasteiger partial charge in [-0.15, -0.1) is 0 Å². The van der Waals surface area contributed by atoms with E-state index in [1.54, 1.807) is 26.8 Å². The van der Waals surface area contributed by atoms with Gasteiger partial charge in [0.1, 0.15) is 17.7 Å². The van der Waals surface area contributed by atoms with Crippen LogP contribution in [0.1, 0.15) is 76.6 Å². The summed E-state index contributed by atoms with van der Waals surface area (Å²) in [5, 5.41) is 5.28. The van der Waals surface area contributed by atoms with Crippen LogP contribution in [0.3, 0.4) is 0 Å². The molecule has 0 bridgehead atoms. The number of hydrogen-bond donors (Lipinski definition) is 3. The Bertz CT molecular complexity index is 977. The van der Waals surface area contributed by atoms with E-state index >= 15 is 0 Å². The smallest absolute Gasteiger partial charge is 0.408 e. The number of primary amides is 1.